The van der Waals surface area contributed by atoms with Gasteiger partial charge in [-0.1, -0.05) is 51.1 Å². The summed E-state index contributed by atoms with van der Waals surface area (Å²) in [6, 6.07) is 15.0. The van der Waals surface area contributed by atoms with E-state index in [4.69, 9.17) is 4.84 Å². The lowest BCUT2D eigenvalue weighted by atomic mass is 9.45. The number of hydroxylamine groups is 2. The van der Waals surface area contributed by atoms with Crippen LogP contribution in [0, 0.1) is 29.1 Å². The van der Waals surface area contributed by atoms with Gasteiger partial charge >= 0.3 is 6.03 Å². The Morgan fingerprint density at radius 3 is 2.40 bits per heavy atom. The molecule has 3 amide bonds. The molecule has 258 valence electrons. The second-order valence-corrected chi connectivity index (χ2v) is 15.0. The second kappa shape index (κ2) is 14.6. The standard InChI is InChI=1S/C37H55N5O5/c1-23-30-19-28(37(30,3)4)20-31(23)39-35(45)34-33(24(2)44)32(22-43)47-42(34)21-25-10-8-11-27(18-25)26-12-14-29(15-13-26)38-36(46)41(7)17-9-16-40(5)6/h8,10-15,18,23-24,28,30-34,43-44H,9,16-17,19-22H2,1-7H3,(H,38,46)(H,39,45)/t23?,24?,28-,30+,31?,32-,33?,34-/m0/s1. The molecule has 10 heteroatoms. The first-order chi connectivity index (χ1) is 22.3. The van der Waals surface area contributed by atoms with Crippen LogP contribution in [-0.4, -0.2) is 102 Å². The van der Waals surface area contributed by atoms with E-state index in [1.54, 1.807) is 23.9 Å². The van der Waals surface area contributed by atoms with Crippen LogP contribution in [0.1, 0.15) is 52.5 Å². The molecule has 4 fully saturated rings. The normalized spacial score (nSPS) is 28.9. The van der Waals surface area contributed by atoms with E-state index in [2.05, 4.69) is 42.4 Å². The van der Waals surface area contributed by atoms with E-state index < -0.39 is 24.2 Å². The molecular weight excluding hydrogens is 594 g/mol. The summed E-state index contributed by atoms with van der Waals surface area (Å²) in [5, 5.41) is 28.9. The van der Waals surface area contributed by atoms with Crippen molar-refractivity contribution in [3.05, 3.63) is 54.1 Å². The summed E-state index contributed by atoms with van der Waals surface area (Å²) in [7, 11) is 5.84. The van der Waals surface area contributed by atoms with Crippen LogP contribution in [0.3, 0.4) is 0 Å². The zero-order valence-electron chi connectivity index (χ0n) is 29.1. The van der Waals surface area contributed by atoms with Crippen molar-refractivity contribution in [1.29, 1.82) is 0 Å². The lowest BCUT2D eigenvalue weighted by Gasteiger charge is -2.62. The summed E-state index contributed by atoms with van der Waals surface area (Å²) in [6.07, 6.45) is 1.57. The molecule has 2 bridgehead atoms. The predicted molar refractivity (Wildman–Crippen MR) is 184 cm³/mol. The first-order valence-corrected chi connectivity index (χ1v) is 17.2. The number of anilines is 1. The van der Waals surface area contributed by atoms with E-state index in [1.807, 2.05) is 56.6 Å². The second-order valence-electron chi connectivity index (χ2n) is 15.0. The quantitative estimate of drug-likeness (QED) is 0.269. The Hall–Kier alpha value is -3.02. The molecule has 4 unspecified atom stereocenters. The highest BCUT2D eigenvalue weighted by atomic mass is 16.7. The molecular formula is C37H55N5O5. The number of carbonyl (C=O) groups excluding carboxylic acids is 2. The van der Waals surface area contributed by atoms with Crippen molar-refractivity contribution in [3.63, 3.8) is 0 Å². The van der Waals surface area contributed by atoms with Gasteiger partial charge in [-0.15, -0.1) is 0 Å². The number of aliphatic hydroxyl groups is 2. The molecule has 8 atom stereocenters. The summed E-state index contributed by atoms with van der Waals surface area (Å²) in [5.74, 6) is 0.851. The van der Waals surface area contributed by atoms with Gasteiger partial charge in [-0.3, -0.25) is 9.63 Å². The van der Waals surface area contributed by atoms with Crippen LogP contribution in [0.15, 0.2) is 48.5 Å². The third kappa shape index (κ3) is 7.67. The van der Waals surface area contributed by atoms with Crippen molar-refractivity contribution in [2.45, 2.75) is 77.8 Å². The molecule has 0 aromatic heterocycles. The van der Waals surface area contributed by atoms with Crippen LogP contribution < -0.4 is 10.6 Å². The first-order valence-electron chi connectivity index (χ1n) is 17.2. The number of amides is 3. The van der Waals surface area contributed by atoms with Crippen LogP contribution in [0.25, 0.3) is 11.1 Å². The molecule has 3 aliphatic carbocycles. The van der Waals surface area contributed by atoms with Crippen LogP contribution >= 0.6 is 0 Å². The summed E-state index contributed by atoms with van der Waals surface area (Å²) >= 11 is 0. The molecule has 47 heavy (non-hydrogen) atoms. The van der Waals surface area contributed by atoms with Gasteiger partial charge in [0.1, 0.15) is 12.1 Å². The molecule has 1 saturated heterocycles. The van der Waals surface area contributed by atoms with Crippen LogP contribution in [0.4, 0.5) is 10.5 Å². The van der Waals surface area contributed by atoms with Gasteiger partial charge < -0.3 is 30.6 Å². The van der Waals surface area contributed by atoms with Crippen molar-refractivity contribution in [2.75, 3.05) is 46.2 Å². The highest BCUT2D eigenvalue weighted by molar-refractivity contribution is 5.89. The molecule has 1 aliphatic heterocycles. The summed E-state index contributed by atoms with van der Waals surface area (Å²) in [5.41, 5.74) is 3.96. The number of benzene rings is 2. The number of fused-ring (bicyclic) bond motifs is 2. The minimum atomic E-state index is -0.841. The molecule has 2 aromatic rings. The molecule has 1 heterocycles. The minimum absolute atomic E-state index is 0.0866. The number of nitrogens with one attached hydrogen (secondary N) is 2. The Labute approximate surface area is 280 Å². The Morgan fingerprint density at radius 1 is 1.06 bits per heavy atom. The third-order valence-electron chi connectivity index (χ3n) is 11.2. The number of hydrogen-bond acceptors (Lipinski definition) is 7. The average molecular weight is 650 g/mol. The van der Waals surface area contributed by atoms with Gasteiger partial charge in [0, 0.05) is 31.2 Å². The zero-order chi connectivity index (χ0) is 34.0. The predicted octanol–water partition coefficient (Wildman–Crippen LogP) is 4.43. The molecule has 0 spiro atoms. The van der Waals surface area contributed by atoms with E-state index in [9.17, 15) is 19.8 Å². The summed E-state index contributed by atoms with van der Waals surface area (Å²) in [6.45, 7) is 10.2. The zero-order valence-corrected chi connectivity index (χ0v) is 29.1. The van der Waals surface area contributed by atoms with Crippen molar-refractivity contribution >= 4 is 17.6 Å². The molecule has 4 N–H and O–H groups in total. The number of hydrogen-bond donors (Lipinski definition) is 4. The van der Waals surface area contributed by atoms with Gasteiger partial charge in [-0.2, -0.15) is 5.06 Å². The van der Waals surface area contributed by atoms with Crippen molar-refractivity contribution in [3.8, 4) is 11.1 Å². The van der Waals surface area contributed by atoms with Crippen molar-refractivity contribution < 1.29 is 24.6 Å². The topological polar surface area (TPSA) is 118 Å². The monoisotopic (exact) mass is 649 g/mol. The Bertz CT molecular complexity index is 1380. The highest BCUT2D eigenvalue weighted by Gasteiger charge is 2.57. The molecule has 10 nitrogen and oxygen atoms in total. The van der Waals surface area contributed by atoms with Gasteiger partial charge in [0.15, 0.2) is 0 Å². The van der Waals surface area contributed by atoms with Gasteiger partial charge in [-0.25, -0.2) is 4.79 Å². The summed E-state index contributed by atoms with van der Waals surface area (Å²) in [4.78, 5) is 36.6. The fourth-order valence-corrected chi connectivity index (χ4v) is 8.20. The number of rotatable bonds is 12. The molecule has 3 saturated carbocycles. The molecule has 4 aliphatic rings. The van der Waals surface area contributed by atoms with E-state index in [-0.39, 0.29) is 24.6 Å². The van der Waals surface area contributed by atoms with Crippen molar-refractivity contribution in [1.82, 2.24) is 20.2 Å². The first kappa shape index (κ1) is 35.3. The average Bonchev–Trinajstić information content (AvgIpc) is 3.40. The smallest absolute Gasteiger partial charge is 0.321 e. The largest absolute Gasteiger partial charge is 0.394 e. The Balaban J connectivity index is 1.26. The lowest BCUT2D eigenvalue weighted by Crippen LogP contribution is -2.62. The van der Waals surface area contributed by atoms with E-state index in [0.717, 1.165) is 41.8 Å². The van der Waals surface area contributed by atoms with Crippen LogP contribution in [-0.2, 0) is 16.2 Å². The van der Waals surface area contributed by atoms with Crippen LogP contribution in [0.5, 0.6) is 0 Å². The molecule has 0 radical (unpaired) electrons. The van der Waals surface area contributed by atoms with E-state index in [1.165, 1.54) is 6.42 Å². The maximum atomic E-state index is 14.0. The van der Waals surface area contributed by atoms with E-state index in [0.29, 0.717) is 36.3 Å². The van der Waals surface area contributed by atoms with Gasteiger partial charge in [0.05, 0.1) is 19.3 Å². The Kier molecular flexibility index (Phi) is 11.0. The van der Waals surface area contributed by atoms with Crippen molar-refractivity contribution in [2.24, 2.45) is 29.1 Å². The molecule has 6 rings (SSSR count). The summed E-state index contributed by atoms with van der Waals surface area (Å²) < 4.78 is 0. The minimum Gasteiger partial charge on any atom is -0.394 e. The van der Waals surface area contributed by atoms with Gasteiger partial charge in [0.2, 0.25) is 5.91 Å². The number of carbonyl (C=O) groups is 2. The highest BCUT2D eigenvalue weighted by Crippen LogP contribution is 2.61. The lowest BCUT2D eigenvalue weighted by molar-refractivity contribution is -0.183. The Morgan fingerprint density at radius 2 is 1.79 bits per heavy atom. The van der Waals surface area contributed by atoms with Gasteiger partial charge in [0.25, 0.3) is 0 Å². The fourth-order valence-electron chi connectivity index (χ4n) is 8.20. The number of nitrogens with zero attached hydrogens (tertiary/aromatic N) is 3. The SMILES string of the molecule is CC(O)C1[C@H](CO)ON(Cc2cccc(-c3ccc(NC(=O)N(C)CCCN(C)C)cc3)c2)[C@@H]1C(=O)NC1C[C@@H]2C[C@H](C1C)C2(C)C. The van der Waals surface area contributed by atoms with Crippen LogP contribution in [0.2, 0.25) is 0 Å². The number of urea groups is 1. The maximum absolute atomic E-state index is 14.0. The maximum Gasteiger partial charge on any atom is 0.321 e. The van der Waals surface area contributed by atoms with Gasteiger partial charge in [-0.05, 0) is 105 Å². The number of aliphatic hydroxyl groups excluding tert-OH is 2. The fraction of sp³-hybridized carbons (Fsp3) is 0.622. The third-order valence-corrected chi connectivity index (χ3v) is 11.2. The molecule has 2 aromatic carbocycles. The van der Waals surface area contributed by atoms with E-state index >= 15 is 0 Å².